The molecule has 7 heteroatoms. The van der Waals surface area contributed by atoms with E-state index in [0.717, 1.165) is 32.1 Å². The third-order valence-corrected chi connectivity index (χ3v) is 7.72. The lowest BCUT2D eigenvalue weighted by Gasteiger charge is -2.33. The Morgan fingerprint density at radius 3 is 2.69 bits per heavy atom. The van der Waals surface area contributed by atoms with Gasteiger partial charge in [0.05, 0.1) is 11.3 Å². The lowest BCUT2D eigenvalue weighted by atomic mass is 9.80. The second-order valence-corrected chi connectivity index (χ2v) is 9.24. The third-order valence-electron chi connectivity index (χ3n) is 6.53. The van der Waals surface area contributed by atoms with Crippen molar-refractivity contribution >= 4 is 23.5 Å². The highest BCUT2D eigenvalue weighted by molar-refractivity contribution is 8.00. The highest BCUT2D eigenvalue weighted by Crippen LogP contribution is 2.33. The van der Waals surface area contributed by atoms with Gasteiger partial charge in [-0.3, -0.25) is 14.9 Å². The Morgan fingerprint density at radius 2 is 1.93 bits per heavy atom. The van der Waals surface area contributed by atoms with Crippen molar-refractivity contribution in [2.75, 3.05) is 26.6 Å². The maximum absolute atomic E-state index is 13.4. The van der Waals surface area contributed by atoms with Crippen molar-refractivity contribution < 1.29 is 19.1 Å². The zero-order valence-electron chi connectivity index (χ0n) is 17.1. The Morgan fingerprint density at radius 1 is 1.17 bits per heavy atom. The van der Waals surface area contributed by atoms with Crippen LogP contribution in [0.5, 0.6) is 0 Å². The average molecular weight is 419 g/mol. The van der Waals surface area contributed by atoms with E-state index in [4.69, 9.17) is 9.47 Å². The summed E-state index contributed by atoms with van der Waals surface area (Å²) in [5, 5.41) is 2.97. The number of fused-ring (bicyclic) bond motifs is 1. The summed E-state index contributed by atoms with van der Waals surface area (Å²) in [6, 6.07) is 7.83. The summed E-state index contributed by atoms with van der Waals surface area (Å²) in [5.41, 5.74) is 2.63. The highest BCUT2D eigenvalue weighted by atomic mass is 32.2. The molecule has 1 aliphatic carbocycles. The Bertz CT molecular complexity index is 754. The van der Waals surface area contributed by atoms with E-state index in [1.165, 1.54) is 11.1 Å². The van der Waals surface area contributed by atoms with Gasteiger partial charge in [-0.1, -0.05) is 24.3 Å². The smallest absolute Gasteiger partial charge is 0.241 e. The van der Waals surface area contributed by atoms with Crippen LogP contribution in [-0.2, 0) is 31.9 Å². The minimum Gasteiger partial charge on any atom is -0.354 e. The van der Waals surface area contributed by atoms with Gasteiger partial charge in [0.2, 0.25) is 5.91 Å². The van der Waals surface area contributed by atoms with Gasteiger partial charge in [-0.2, -0.15) is 0 Å². The number of likely N-dealkylation sites (tertiary alicyclic amines) is 1. The summed E-state index contributed by atoms with van der Waals surface area (Å²) in [7, 11) is 3.21. The van der Waals surface area contributed by atoms with Crippen LogP contribution in [0, 0.1) is 5.92 Å². The number of aryl methyl sites for hydroxylation is 1. The number of ether oxygens (including phenoxy) is 2. The summed E-state index contributed by atoms with van der Waals surface area (Å²) >= 11 is 1.57. The molecule has 4 atom stereocenters. The second-order valence-electron chi connectivity index (χ2n) is 8.11. The number of thioether (sulfide) groups is 1. The van der Waals surface area contributed by atoms with Gasteiger partial charge in [0, 0.05) is 32.6 Å². The number of ketones is 1. The van der Waals surface area contributed by atoms with Crippen molar-refractivity contribution in [1.82, 2.24) is 10.2 Å². The van der Waals surface area contributed by atoms with Crippen molar-refractivity contribution in [3.05, 3.63) is 35.4 Å². The number of hydrogen-bond donors (Lipinski definition) is 1. The number of benzene rings is 1. The Labute approximate surface area is 176 Å². The van der Waals surface area contributed by atoms with Crippen molar-refractivity contribution in [3.63, 3.8) is 0 Å². The van der Waals surface area contributed by atoms with Gasteiger partial charge in [0.25, 0.3) is 0 Å². The lowest BCUT2D eigenvalue weighted by Crippen LogP contribution is -2.54. The molecule has 0 bridgehead atoms. The van der Waals surface area contributed by atoms with Gasteiger partial charge in [-0.05, 0) is 43.2 Å². The Hall–Kier alpha value is -1.41. The molecule has 4 rings (SSSR count). The van der Waals surface area contributed by atoms with Crippen molar-refractivity contribution in [1.29, 1.82) is 0 Å². The molecule has 2 fully saturated rings. The second kappa shape index (κ2) is 9.16. The summed E-state index contributed by atoms with van der Waals surface area (Å²) < 4.78 is 10.8. The van der Waals surface area contributed by atoms with Crippen molar-refractivity contribution in [2.24, 2.45) is 5.92 Å². The number of rotatable bonds is 6. The molecule has 2 saturated heterocycles. The molecular formula is C22H30N2O4S. The summed E-state index contributed by atoms with van der Waals surface area (Å²) in [6.45, 7) is 0.688. The first-order chi connectivity index (χ1) is 14.1. The van der Waals surface area contributed by atoms with E-state index >= 15 is 0 Å². The largest absolute Gasteiger partial charge is 0.354 e. The number of carbonyl (C=O) groups is 2. The van der Waals surface area contributed by atoms with E-state index in [1.54, 1.807) is 26.0 Å². The van der Waals surface area contributed by atoms with Crippen LogP contribution in [0.4, 0.5) is 0 Å². The lowest BCUT2D eigenvalue weighted by molar-refractivity contribution is -0.158. The first-order valence-electron chi connectivity index (χ1n) is 10.5. The molecule has 2 aliphatic heterocycles. The van der Waals surface area contributed by atoms with Crippen LogP contribution < -0.4 is 5.32 Å². The third kappa shape index (κ3) is 4.10. The molecule has 1 N–H and O–H groups in total. The molecule has 1 aromatic carbocycles. The molecule has 0 spiro atoms. The highest BCUT2D eigenvalue weighted by Gasteiger charge is 2.46. The molecule has 1 amide bonds. The number of carbonyl (C=O) groups excluding carboxylic acids is 2. The molecule has 6 nitrogen and oxygen atoms in total. The molecule has 2 heterocycles. The van der Waals surface area contributed by atoms with E-state index in [1.807, 2.05) is 11.0 Å². The molecule has 0 saturated carbocycles. The first-order valence-corrected chi connectivity index (χ1v) is 11.5. The van der Waals surface area contributed by atoms with Gasteiger partial charge < -0.3 is 14.4 Å². The number of amides is 1. The fraction of sp³-hybridized carbons (Fsp3) is 0.636. The van der Waals surface area contributed by atoms with Gasteiger partial charge in [0.15, 0.2) is 12.1 Å². The first kappa shape index (κ1) is 20.8. The van der Waals surface area contributed by atoms with Crippen LogP contribution in [0.1, 0.15) is 30.4 Å². The number of nitrogens with one attached hydrogen (secondary N) is 1. The maximum Gasteiger partial charge on any atom is 0.241 e. The Balaban J connectivity index is 1.46. The number of hydrogen-bond acceptors (Lipinski definition) is 6. The summed E-state index contributed by atoms with van der Waals surface area (Å²) in [6.07, 6.45) is 3.95. The van der Waals surface area contributed by atoms with Crippen LogP contribution >= 0.6 is 11.8 Å². The van der Waals surface area contributed by atoms with E-state index in [-0.39, 0.29) is 28.9 Å². The molecule has 3 aliphatic rings. The van der Waals surface area contributed by atoms with E-state index in [9.17, 15) is 9.59 Å². The van der Waals surface area contributed by atoms with Gasteiger partial charge in [-0.25, -0.2) is 0 Å². The van der Waals surface area contributed by atoms with Crippen molar-refractivity contribution in [3.8, 4) is 0 Å². The topological polar surface area (TPSA) is 67.9 Å². The fourth-order valence-electron chi connectivity index (χ4n) is 5.01. The predicted molar refractivity (Wildman–Crippen MR) is 113 cm³/mol. The van der Waals surface area contributed by atoms with E-state index in [2.05, 4.69) is 23.5 Å². The number of nitrogens with zero attached hydrogens (tertiary/aromatic N) is 1. The molecular weight excluding hydrogens is 388 g/mol. The van der Waals surface area contributed by atoms with Crippen LogP contribution in [0.25, 0.3) is 0 Å². The number of Topliss-reactive ketones (excluding diaryl/α,β-unsaturated/α-hetero) is 1. The normalized spacial score (nSPS) is 29.3. The summed E-state index contributed by atoms with van der Waals surface area (Å²) in [4.78, 5) is 28.6. The fourth-order valence-corrected chi connectivity index (χ4v) is 6.22. The molecule has 1 unspecified atom stereocenters. The molecule has 1 aromatic rings. The van der Waals surface area contributed by atoms with Gasteiger partial charge >= 0.3 is 0 Å². The number of methoxy groups -OCH3 is 2. The minimum absolute atomic E-state index is 0.00215. The molecule has 29 heavy (non-hydrogen) atoms. The van der Waals surface area contributed by atoms with Gasteiger partial charge in [0.1, 0.15) is 6.04 Å². The van der Waals surface area contributed by atoms with Crippen LogP contribution in [-0.4, -0.2) is 66.9 Å². The Kier molecular flexibility index (Phi) is 6.59. The van der Waals surface area contributed by atoms with Crippen molar-refractivity contribution in [2.45, 2.75) is 55.7 Å². The summed E-state index contributed by atoms with van der Waals surface area (Å²) in [5.74, 6) is 0.856. The molecule has 0 aromatic heterocycles. The van der Waals surface area contributed by atoms with E-state index < -0.39 is 12.3 Å². The zero-order valence-corrected chi connectivity index (χ0v) is 18.0. The average Bonchev–Trinajstić information content (AvgIpc) is 3.43. The maximum atomic E-state index is 13.4. The van der Waals surface area contributed by atoms with E-state index in [0.29, 0.717) is 12.4 Å². The van der Waals surface area contributed by atoms with Gasteiger partial charge in [-0.15, -0.1) is 11.8 Å². The molecule has 0 radical (unpaired) electrons. The predicted octanol–water partition coefficient (Wildman–Crippen LogP) is 2.00. The minimum atomic E-state index is -0.459. The monoisotopic (exact) mass is 418 g/mol. The SMILES string of the molecule is COC(OC)[C@@H]1CCCN1C(=O)[C@H]1NCSC1C(=O)[C@@H]1CCc2ccccc2C1. The standard InChI is InChI=1S/C22H30N2O4S/c1-27-22(28-2)17-8-5-11-24(17)21(26)18-20(29-13-23-18)19(25)16-10-9-14-6-3-4-7-15(14)12-16/h3-4,6-7,16-18,20,22-23H,5,8-13H2,1-2H3/t16-,17+,18+,20?/m1/s1. The van der Waals surface area contributed by atoms with Crippen LogP contribution in [0.2, 0.25) is 0 Å². The van der Waals surface area contributed by atoms with Crippen LogP contribution in [0.3, 0.4) is 0 Å². The molecule has 158 valence electrons. The zero-order chi connectivity index (χ0) is 20.4. The quantitative estimate of drug-likeness (QED) is 0.713. The van der Waals surface area contributed by atoms with Crippen LogP contribution in [0.15, 0.2) is 24.3 Å².